The zero-order chi connectivity index (χ0) is 17.6. The van der Waals surface area contributed by atoms with Crippen LogP contribution in [0.1, 0.15) is 32.3 Å². The van der Waals surface area contributed by atoms with E-state index in [9.17, 15) is 4.79 Å². The highest BCUT2D eigenvalue weighted by Crippen LogP contribution is 2.30. The number of hydrogen-bond donors (Lipinski definition) is 1. The normalized spacial score (nSPS) is 16.2. The number of fused-ring (bicyclic) bond motifs is 1. The Kier molecular flexibility index (Phi) is 5.59. The summed E-state index contributed by atoms with van der Waals surface area (Å²) in [5.41, 5.74) is 3.23. The fourth-order valence-corrected chi connectivity index (χ4v) is 3.25. The van der Waals surface area contributed by atoms with Gasteiger partial charge in [0.1, 0.15) is 5.75 Å². The van der Waals surface area contributed by atoms with Crippen molar-refractivity contribution < 1.29 is 9.53 Å². The minimum absolute atomic E-state index is 0.0175. The Morgan fingerprint density at radius 3 is 2.80 bits per heavy atom. The highest BCUT2D eigenvalue weighted by atomic mass is 16.5. The highest BCUT2D eigenvalue weighted by molar-refractivity contribution is 5.95. The first-order valence-corrected chi connectivity index (χ1v) is 9.05. The van der Waals surface area contributed by atoms with Crippen LogP contribution in [-0.2, 0) is 11.2 Å². The second-order valence-electron chi connectivity index (χ2n) is 6.54. The molecule has 0 aliphatic carbocycles. The number of nitrogens with one attached hydrogen (secondary N) is 1. The van der Waals surface area contributed by atoms with E-state index in [2.05, 4.69) is 42.3 Å². The first kappa shape index (κ1) is 17.3. The topological polar surface area (TPSA) is 41.6 Å². The van der Waals surface area contributed by atoms with E-state index < -0.39 is 0 Å². The maximum absolute atomic E-state index is 12.7. The fourth-order valence-electron chi connectivity index (χ4n) is 3.25. The van der Waals surface area contributed by atoms with Crippen molar-refractivity contribution in [3.8, 4) is 5.75 Å². The Morgan fingerprint density at radius 1 is 1.20 bits per heavy atom. The van der Waals surface area contributed by atoms with Crippen molar-refractivity contribution in [2.24, 2.45) is 0 Å². The average molecular weight is 338 g/mol. The van der Waals surface area contributed by atoms with Crippen LogP contribution >= 0.6 is 0 Å². The van der Waals surface area contributed by atoms with E-state index in [-0.39, 0.29) is 5.91 Å². The maximum Gasteiger partial charge on any atom is 0.244 e. The second-order valence-corrected chi connectivity index (χ2v) is 6.54. The third-order valence-electron chi connectivity index (χ3n) is 4.60. The summed E-state index contributed by atoms with van der Waals surface area (Å²) in [5, 5.41) is 3.01. The molecule has 3 rings (SSSR count). The SMILES string of the molecule is CCCOc1ccccc1NC(=O)CN1c2ccccc2CC[C@@H]1C. The Balaban J connectivity index is 1.71. The number of rotatable bonds is 6. The summed E-state index contributed by atoms with van der Waals surface area (Å²) in [6.45, 7) is 5.24. The van der Waals surface area contributed by atoms with Crippen LogP contribution in [0, 0.1) is 0 Å². The van der Waals surface area contributed by atoms with Crippen molar-refractivity contribution in [3.63, 3.8) is 0 Å². The number of hydrogen-bond acceptors (Lipinski definition) is 3. The number of carbonyl (C=O) groups excluding carboxylic acids is 1. The summed E-state index contributed by atoms with van der Waals surface area (Å²) in [6.07, 6.45) is 3.08. The van der Waals surface area contributed by atoms with Crippen LogP contribution in [0.5, 0.6) is 5.75 Å². The van der Waals surface area contributed by atoms with Gasteiger partial charge in [0.2, 0.25) is 5.91 Å². The van der Waals surface area contributed by atoms with Crippen molar-refractivity contribution in [2.75, 3.05) is 23.4 Å². The smallest absolute Gasteiger partial charge is 0.244 e. The lowest BCUT2D eigenvalue weighted by molar-refractivity contribution is -0.115. The number of carbonyl (C=O) groups is 1. The Labute approximate surface area is 149 Å². The van der Waals surface area contributed by atoms with E-state index in [4.69, 9.17) is 4.74 Å². The average Bonchev–Trinajstić information content (AvgIpc) is 2.63. The standard InChI is InChI=1S/C21H26N2O2/c1-3-14-25-20-11-7-5-9-18(20)22-21(24)15-23-16(2)12-13-17-8-4-6-10-19(17)23/h4-11,16H,3,12-15H2,1-2H3,(H,22,24)/t16-/m0/s1. The molecule has 0 aromatic heterocycles. The molecule has 0 bridgehead atoms. The van der Waals surface area contributed by atoms with Gasteiger partial charge in [-0.3, -0.25) is 4.79 Å². The molecule has 1 aliphatic heterocycles. The van der Waals surface area contributed by atoms with E-state index in [1.54, 1.807) is 0 Å². The minimum atomic E-state index is -0.0175. The number of benzene rings is 2. The fraction of sp³-hybridized carbons (Fsp3) is 0.381. The van der Waals surface area contributed by atoms with Gasteiger partial charge < -0.3 is 15.0 Å². The van der Waals surface area contributed by atoms with Gasteiger partial charge in [-0.2, -0.15) is 0 Å². The number of aryl methyl sites for hydroxylation is 1. The van der Waals surface area contributed by atoms with Gasteiger partial charge in [0.05, 0.1) is 18.8 Å². The molecule has 0 saturated carbocycles. The predicted molar refractivity (Wildman–Crippen MR) is 102 cm³/mol. The second kappa shape index (κ2) is 8.06. The van der Waals surface area contributed by atoms with Crippen LogP contribution in [0.15, 0.2) is 48.5 Å². The first-order valence-electron chi connectivity index (χ1n) is 9.05. The third-order valence-corrected chi connectivity index (χ3v) is 4.60. The molecule has 1 heterocycles. The van der Waals surface area contributed by atoms with Crippen LogP contribution in [0.4, 0.5) is 11.4 Å². The molecule has 25 heavy (non-hydrogen) atoms. The summed E-state index contributed by atoms with van der Waals surface area (Å²) < 4.78 is 5.73. The lowest BCUT2D eigenvalue weighted by atomic mass is 9.96. The van der Waals surface area contributed by atoms with Gasteiger partial charge in [-0.15, -0.1) is 0 Å². The number of amides is 1. The molecule has 0 fully saturated rings. The molecule has 2 aromatic carbocycles. The molecule has 1 amide bonds. The number of para-hydroxylation sites is 3. The van der Waals surface area contributed by atoms with Gasteiger partial charge in [-0.25, -0.2) is 0 Å². The van der Waals surface area contributed by atoms with Crippen LogP contribution in [0.2, 0.25) is 0 Å². The zero-order valence-corrected chi connectivity index (χ0v) is 15.0. The van der Waals surface area contributed by atoms with Gasteiger partial charge in [-0.1, -0.05) is 37.3 Å². The summed E-state index contributed by atoms with van der Waals surface area (Å²) in [4.78, 5) is 14.9. The molecular formula is C21H26N2O2. The molecule has 0 radical (unpaired) electrons. The third kappa shape index (κ3) is 4.13. The predicted octanol–water partition coefficient (Wildman–Crippen LogP) is 4.26. The molecule has 1 aliphatic rings. The largest absolute Gasteiger partial charge is 0.491 e. The van der Waals surface area contributed by atoms with Gasteiger partial charge >= 0.3 is 0 Å². The molecule has 4 nitrogen and oxygen atoms in total. The summed E-state index contributed by atoms with van der Waals surface area (Å²) >= 11 is 0. The van der Waals surface area contributed by atoms with Gasteiger partial charge in [0, 0.05) is 11.7 Å². The summed E-state index contributed by atoms with van der Waals surface area (Å²) in [5.74, 6) is 0.709. The molecule has 0 unspecified atom stereocenters. The van der Waals surface area contributed by atoms with E-state index in [0.29, 0.717) is 19.2 Å². The molecule has 1 atom stereocenters. The lowest BCUT2D eigenvalue weighted by Gasteiger charge is -2.36. The van der Waals surface area contributed by atoms with Crippen LogP contribution < -0.4 is 15.0 Å². The van der Waals surface area contributed by atoms with E-state index in [1.165, 1.54) is 11.3 Å². The van der Waals surface area contributed by atoms with Gasteiger partial charge in [-0.05, 0) is 49.9 Å². The van der Waals surface area contributed by atoms with Gasteiger partial charge in [0.15, 0.2) is 0 Å². The van der Waals surface area contributed by atoms with Crippen LogP contribution in [0.25, 0.3) is 0 Å². The van der Waals surface area contributed by atoms with Crippen LogP contribution in [-0.4, -0.2) is 25.1 Å². The Hall–Kier alpha value is -2.49. The lowest BCUT2D eigenvalue weighted by Crippen LogP contribution is -2.42. The molecular weight excluding hydrogens is 312 g/mol. The van der Waals surface area contributed by atoms with Crippen LogP contribution in [0.3, 0.4) is 0 Å². The Bertz CT molecular complexity index is 729. The molecule has 2 aromatic rings. The van der Waals surface area contributed by atoms with E-state index in [0.717, 1.165) is 30.7 Å². The van der Waals surface area contributed by atoms with Crippen molar-refractivity contribution >= 4 is 17.3 Å². The quantitative estimate of drug-likeness (QED) is 0.856. The van der Waals surface area contributed by atoms with Crippen molar-refractivity contribution in [1.82, 2.24) is 0 Å². The number of nitrogens with zero attached hydrogens (tertiary/aromatic N) is 1. The number of ether oxygens (including phenoxy) is 1. The zero-order valence-electron chi connectivity index (χ0n) is 15.0. The van der Waals surface area contributed by atoms with Crippen molar-refractivity contribution in [2.45, 2.75) is 39.2 Å². The molecule has 1 N–H and O–H groups in total. The van der Waals surface area contributed by atoms with Crippen molar-refractivity contribution in [1.29, 1.82) is 0 Å². The van der Waals surface area contributed by atoms with Gasteiger partial charge in [0.25, 0.3) is 0 Å². The monoisotopic (exact) mass is 338 g/mol. The Morgan fingerprint density at radius 2 is 1.96 bits per heavy atom. The molecule has 0 saturated heterocycles. The molecule has 0 spiro atoms. The maximum atomic E-state index is 12.7. The first-order chi connectivity index (χ1) is 12.2. The highest BCUT2D eigenvalue weighted by Gasteiger charge is 2.24. The minimum Gasteiger partial charge on any atom is -0.491 e. The molecule has 132 valence electrons. The van der Waals surface area contributed by atoms with Crippen molar-refractivity contribution in [3.05, 3.63) is 54.1 Å². The number of anilines is 2. The molecule has 4 heteroatoms. The summed E-state index contributed by atoms with van der Waals surface area (Å²) in [7, 11) is 0. The van der Waals surface area contributed by atoms with E-state index >= 15 is 0 Å². The summed E-state index contributed by atoms with van der Waals surface area (Å²) in [6, 6.07) is 16.3. The van der Waals surface area contributed by atoms with E-state index in [1.807, 2.05) is 30.3 Å².